The lowest BCUT2D eigenvalue weighted by molar-refractivity contribution is -0.0765. The second-order valence-corrected chi connectivity index (χ2v) is 7.95. The van der Waals surface area contributed by atoms with Crippen molar-refractivity contribution in [3.63, 3.8) is 0 Å². The van der Waals surface area contributed by atoms with Crippen LogP contribution in [0.2, 0.25) is 0 Å². The summed E-state index contributed by atoms with van der Waals surface area (Å²) in [5.74, 6) is -5.96. The molecule has 0 N–H and O–H groups in total. The van der Waals surface area contributed by atoms with Gasteiger partial charge in [-0.05, 0) is 62.0 Å². The maximum Gasteiger partial charge on any atom is 0.251 e. The van der Waals surface area contributed by atoms with E-state index in [1.54, 1.807) is 6.92 Å². The zero-order valence-electron chi connectivity index (χ0n) is 15.5. The molecule has 2 fully saturated rings. The minimum absolute atomic E-state index is 0.00200. The van der Waals surface area contributed by atoms with Crippen LogP contribution in [0.1, 0.15) is 70.3 Å². The third-order valence-electron chi connectivity index (χ3n) is 6.25. The van der Waals surface area contributed by atoms with E-state index in [0.717, 1.165) is 19.3 Å². The molecule has 3 rings (SSSR count). The highest BCUT2D eigenvalue weighted by molar-refractivity contribution is 5.33. The molecule has 146 valence electrons. The minimum atomic E-state index is -2.82. The van der Waals surface area contributed by atoms with Gasteiger partial charge in [-0.25, -0.2) is 13.2 Å². The van der Waals surface area contributed by atoms with Gasteiger partial charge in [0.15, 0.2) is 11.6 Å². The minimum Gasteiger partial charge on any atom is -0.491 e. The summed E-state index contributed by atoms with van der Waals surface area (Å²) in [6.07, 6.45) is 4.20. The summed E-state index contributed by atoms with van der Waals surface area (Å²) in [7, 11) is 0. The first-order valence-electron chi connectivity index (χ1n) is 9.85. The fourth-order valence-electron chi connectivity index (χ4n) is 5.11. The van der Waals surface area contributed by atoms with Crippen LogP contribution < -0.4 is 4.74 Å². The quantitative estimate of drug-likeness (QED) is 0.522. The first-order chi connectivity index (χ1) is 12.4. The maximum atomic E-state index is 15.0. The van der Waals surface area contributed by atoms with Crippen molar-refractivity contribution in [3.05, 3.63) is 29.3 Å². The van der Waals surface area contributed by atoms with Gasteiger partial charge < -0.3 is 4.74 Å². The summed E-state index contributed by atoms with van der Waals surface area (Å²) >= 11 is 0. The van der Waals surface area contributed by atoms with Crippen molar-refractivity contribution in [2.45, 2.75) is 70.6 Å². The van der Waals surface area contributed by atoms with Gasteiger partial charge in [0.1, 0.15) is 0 Å². The van der Waals surface area contributed by atoms with E-state index in [9.17, 15) is 17.6 Å². The van der Waals surface area contributed by atoms with Gasteiger partial charge in [-0.3, -0.25) is 0 Å². The highest BCUT2D eigenvalue weighted by atomic mass is 19.3. The largest absolute Gasteiger partial charge is 0.491 e. The highest BCUT2D eigenvalue weighted by Crippen LogP contribution is 2.54. The Hall–Kier alpha value is -1.26. The lowest BCUT2D eigenvalue weighted by atomic mass is 9.86. The molecular weight excluding hydrogens is 344 g/mol. The maximum absolute atomic E-state index is 15.0. The van der Waals surface area contributed by atoms with Crippen LogP contribution in [0.5, 0.6) is 5.75 Å². The van der Waals surface area contributed by atoms with Gasteiger partial charge in [0.25, 0.3) is 5.92 Å². The molecule has 5 heteroatoms. The number of ether oxygens (including phenoxy) is 1. The molecule has 2 aliphatic carbocycles. The van der Waals surface area contributed by atoms with Crippen molar-refractivity contribution in [2.24, 2.45) is 17.8 Å². The molecule has 0 saturated heterocycles. The van der Waals surface area contributed by atoms with E-state index in [1.807, 2.05) is 0 Å². The van der Waals surface area contributed by atoms with Crippen LogP contribution in [0.4, 0.5) is 17.6 Å². The molecular formula is C21H28F4O. The van der Waals surface area contributed by atoms with E-state index < -0.39 is 35.8 Å². The Morgan fingerprint density at radius 3 is 2.54 bits per heavy atom. The van der Waals surface area contributed by atoms with E-state index in [4.69, 9.17) is 4.74 Å². The summed E-state index contributed by atoms with van der Waals surface area (Å²) in [6.45, 7) is 3.99. The molecule has 4 atom stereocenters. The second kappa shape index (κ2) is 7.77. The van der Waals surface area contributed by atoms with E-state index in [0.29, 0.717) is 25.2 Å². The lowest BCUT2D eigenvalue weighted by Gasteiger charge is -2.27. The predicted octanol–water partition coefficient (Wildman–Crippen LogP) is 6.71. The Morgan fingerprint density at radius 1 is 1.08 bits per heavy atom. The molecule has 1 aromatic rings. The Kier molecular flexibility index (Phi) is 5.83. The van der Waals surface area contributed by atoms with Crippen LogP contribution in [0.15, 0.2) is 12.1 Å². The van der Waals surface area contributed by atoms with E-state index >= 15 is 0 Å². The Bertz CT molecular complexity index is 631. The predicted molar refractivity (Wildman–Crippen MR) is 93.7 cm³/mol. The van der Waals surface area contributed by atoms with Crippen LogP contribution in [0, 0.1) is 29.4 Å². The van der Waals surface area contributed by atoms with Gasteiger partial charge in [-0.15, -0.1) is 0 Å². The van der Waals surface area contributed by atoms with Gasteiger partial charge in [0.05, 0.1) is 6.61 Å². The lowest BCUT2D eigenvalue weighted by Crippen LogP contribution is -2.30. The molecule has 1 aromatic carbocycles. The van der Waals surface area contributed by atoms with Crippen molar-refractivity contribution in [1.82, 2.24) is 0 Å². The fourth-order valence-corrected chi connectivity index (χ4v) is 5.11. The first-order valence-corrected chi connectivity index (χ1v) is 9.85. The SMILES string of the molecule is CCCC1CC2CCC(c3ccc(OCC)c(F)c3F)CC(F)(F)C2C1. The van der Waals surface area contributed by atoms with Crippen molar-refractivity contribution in [2.75, 3.05) is 6.61 Å². The smallest absolute Gasteiger partial charge is 0.251 e. The molecule has 4 unspecified atom stereocenters. The average Bonchev–Trinajstić information content (AvgIpc) is 2.96. The number of halogens is 4. The highest BCUT2D eigenvalue weighted by Gasteiger charge is 2.52. The molecule has 2 saturated carbocycles. The molecule has 0 spiro atoms. The topological polar surface area (TPSA) is 9.23 Å². The van der Waals surface area contributed by atoms with Gasteiger partial charge in [0.2, 0.25) is 5.82 Å². The fraction of sp³-hybridized carbons (Fsp3) is 0.714. The average molecular weight is 372 g/mol. The molecule has 0 radical (unpaired) electrons. The van der Waals surface area contributed by atoms with Gasteiger partial charge >= 0.3 is 0 Å². The number of benzene rings is 1. The number of hydrogen-bond acceptors (Lipinski definition) is 1. The molecule has 0 amide bonds. The Balaban J connectivity index is 1.81. The summed E-state index contributed by atoms with van der Waals surface area (Å²) in [5, 5.41) is 0. The van der Waals surface area contributed by atoms with Crippen molar-refractivity contribution in [1.29, 1.82) is 0 Å². The van der Waals surface area contributed by atoms with Crippen LogP contribution in [-0.4, -0.2) is 12.5 Å². The van der Waals surface area contributed by atoms with Crippen LogP contribution in [-0.2, 0) is 0 Å². The van der Waals surface area contributed by atoms with E-state index in [2.05, 4.69) is 6.92 Å². The molecule has 0 aromatic heterocycles. The van der Waals surface area contributed by atoms with Crippen LogP contribution in [0.25, 0.3) is 0 Å². The van der Waals surface area contributed by atoms with E-state index in [1.165, 1.54) is 12.1 Å². The van der Waals surface area contributed by atoms with Crippen LogP contribution in [0.3, 0.4) is 0 Å². The standard InChI is InChI=1S/C21H28F4O/c1-3-5-13-10-14-6-7-15(12-21(24,25)17(14)11-13)16-8-9-18(26-4-2)20(23)19(16)22/h8-9,13-15,17H,3-7,10-12H2,1-2H3. The van der Waals surface area contributed by atoms with Crippen LogP contribution >= 0.6 is 0 Å². The Labute approximate surface area is 153 Å². The summed E-state index contributed by atoms with van der Waals surface area (Å²) in [6, 6.07) is 2.78. The number of alkyl halides is 2. The third kappa shape index (κ3) is 3.72. The van der Waals surface area contributed by atoms with E-state index in [-0.39, 0.29) is 23.8 Å². The van der Waals surface area contributed by atoms with Crippen molar-refractivity contribution < 1.29 is 22.3 Å². The first kappa shape index (κ1) is 19.5. The third-order valence-corrected chi connectivity index (χ3v) is 6.25. The zero-order chi connectivity index (χ0) is 18.9. The monoisotopic (exact) mass is 372 g/mol. The number of hydrogen-bond donors (Lipinski definition) is 0. The zero-order valence-corrected chi connectivity index (χ0v) is 15.5. The molecule has 1 nitrogen and oxygen atoms in total. The van der Waals surface area contributed by atoms with Crippen molar-refractivity contribution in [3.8, 4) is 5.75 Å². The number of rotatable bonds is 5. The molecule has 0 aliphatic heterocycles. The summed E-state index contributed by atoms with van der Waals surface area (Å²) in [4.78, 5) is 0. The van der Waals surface area contributed by atoms with Gasteiger partial charge in [-0.2, -0.15) is 4.39 Å². The molecule has 0 heterocycles. The van der Waals surface area contributed by atoms with Gasteiger partial charge in [-0.1, -0.05) is 25.8 Å². The second-order valence-electron chi connectivity index (χ2n) is 7.95. The summed E-state index contributed by atoms with van der Waals surface area (Å²) in [5.41, 5.74) is 0.0655. The van der Waals surface area contributed by atoms with Crippen molar-refractivity contribution >= 4 is 0 Å². The molecule has 2 aliphatic rings. The Morgan fingerprint density at radius 2 is 1.85 bits per heavy atom. The summed E-state index contributed by atoms with van der Waals surface area (Å²) < 4.78 is 63.7. The normalized spacial score (nSPS) is 30.7. The molecule has 26 heavy (non-hydrogen) atoms. The molecule has 0 bridgehead atoms. The van der Waals surface area contributed by atoms with Gasteiger partial charge in [0, 0.05) is 12.3 Å². The number of fused-ring (bicyclic) bond motifs is 1.